The van der Waals surface area contributed by atoms with Crippen LogP contribution in [0.3, 0.4) is 0 Å². The van der Waals surface area contributed by atoms with Crippen LogP contribution in [-0.2, 0) is 0 Å². The molecule has 0 saturated heterocycles. The molecule has 0 saturated carbocycles. The first kappa shape index (κ1) is 9.14. The molecular weight excluding hydrogens is 130 g/mol. The molecule has 0 aliphatic rings. The van der Waals surface area contributed by atoms with Crippen molar-refractivity contribution in [1.29, 1.82) is 0 Å². The summed E-state index contributed by atoms with van der Waals surface area (Å²) >= 11 is 0. The predicted molar refractivity (Wildman–Crippen MR) is 43.0 cm³/mol. The minimum atomic E-state index is -1.03. The second kappa shape index (κ2) is 2.81. The van der Waals surface area contributed by atoms with Crippen LogP contribution < -0.4 is 4.73 Å². The number of quaternary nitrogens is 1. The van der Waals surface area contributed by atoms with Crippen molar-refractivity contribution in [3.05, 3.63) is 5.21 Å². The molecule has 0 aromatic rings. The highest BCUT2D eigenvalue weighted by Gasteiger charge is 2.20. The average Bonchev–Trinajstić information content (AvgIpc) is 1.62. The van der Waals surface area contributed by atoms with Gasteiger partial charge >= 0.3 is 0 Å². The van der Waals surface area contributed by atoms with E-state index >= 15 is 0 Å². The van der Waals surface area contributed by atoms with Gasteiger partial charge in [-0.3, -0.25) is 0 Å². The second-order valence-electron chi connectivity index (χ2n) is 3.77. The van der Waals surface area contributed by atoms with E-state index in [1.165, 1.54) is 0 Å². The fourth-order valence-corrected chi connectivity index (χ4v) is 2.60. The molecule has 0 aliphatic carbocycles. The molecule has 0 amide bonds. The average molecular weight is 147 g/mol. The number of hydroxylamine groups is 1. The largest absolute Gasteiger partial charge is 0.654 e. The summed E-state index contributed by atoms with van der Waals surface area (Å²) in [5.41, 5.74) is -0.0968. The van der Waals surface area contributed by atoms with Gasteiger partial charge in [0, 0.05) is 0 Å². The van der Waals surface area contributed by atoms with E-state index in [4.69, 9.17) is 0 Å². The van der Waals surface area contributed by atoms with E-state index in [1.807, 2.05) is 20.8 Å². The molecule has 2 nitrogen and oxygen atoms in total. The summed E-state index contributed by atoms with van der Waals surface area (Å²) in [6.45, 7) is 10.1. The van der Waals surface area contributed by atoms with E-state index in [-0.39, 0.29) is 5.54 Å². The lowest BCUT2D eigenvalue weighted by Gasteiger charge is -2.39. The molecule has 0 aromatic carbocycles. The molecule has 9 heavy (non-hydrogen) atoms. The Kier molecular flexibility index (Phi) is 2.86. The first-order valence-electron chi connectivity index (χ1n) is 3.40. The minimum absolute atomic E-state index is 0.0968. The summed E-state index contributed by atoms with van der Waals surface area (Å²) < 4.78 is 0.475. The lowest BCUT2D eigenvalue weighted by molar-refractivity contribution is -0.790. The van der Waals surface area contributed by atoms with Gasteiger partial charge in [0.2, 0.25) is 0 Å². The first-order valence-corrected chi connectivity index (χ1v) is 6.28. The monoisotopic (exact) mass is 147 g/mol. The van der Waals surface area contributed by atoms with Crippen LogP contribution in [0.25, 0.3) is 0 Å². The molecular formula is C6H17NOSi. The van der Waals surface area contributed by atoms with Gasteiger partial charge in [-0.05, 0) is 33.9 Å². The van der Waals surface area contributed by atoms with E-state index in [1.54, 1.807) is 0 Å². The number of hydrogen-bond acceptors (Lipinski definition) is 1. The van der Waals surface area contributed by atoms with Crippen molar-refractivity contribution in [2.45, 2.75) is 39.4 Å². The van der Waals surface area contributed by atoms with Gasteiger partial charge in [0.15, 0.2) is 0 Å². The van der Waals surface area contributed by atoms with Crippen LogP contribution >= 0.6 is 0 Å². The lowest BCUT2D eigenvalue weighted by atomic mass is 10.1. The lowest BCUT2D eigenvalue weighted by Crippen LogP contribution is -3.19. The summed E-state index contributed by atoms with van der Waals surface area (Å²) in [6, 6.07) is 0. The van der Waals surface area contributed by atoms with Gasteiger partial charge in [0.05, 0.1) is 5.54 Å². The predicted octanol–water partition coefficient (Wildman–Crippen LogP) is 0.151. The smallest absolute Gasteiger partial charge is 0.263 e. The standard InChI is InChI=1S/C6H17NOSi/c1-6(2,3)7(8)9(4)5/h7,9H,1-5H3. The second-order valence-corrected chi connectivity index (χ2v) is 6.60. The minimum Gasteiger partial charge on any atom is -0.654 e. The van der Waals surface area contributed by atoms with Gasteiger partial charge in [0.25, 0.3) is 8.96 Å². The van der Waals surface area contributed by atoms with Crippen molar-refractivity contribution in [3.63, 3.8) is 0 Å². The maximum atomic E-state index is 11.2. The van der Waals surface area contributed by atoms with Crippen molar-refractivity contribution < 1.29 is 4.73 Å². The SMILES string of the molecule is C[SiH](C)[NH+]([O-])C(C)(C)C. The van der Waals surface area contributed by atoms with Crippen LogP contribution in [0.1, 0.15) is 20.8 Å². The fraction of sp³-hybridized carbons (Fsp3) is 1.00. The van der Waals surface area contributed by atoms with Crippen molar-refractivity contribution in [2.75, 3.05) is 0 Å². The van der Waals surface area contributed by atoms with Crippen molar-refractivity contribution in [1.82, 2.24) is 0 Å². The molecule has 0 radical (unpaired) electrons. The van der Waals surface area contributed by atoms with Gasteiger partial charge < -0.3 is 9.94 Å². The summed E-state index contributed by atoms with van der Waals surface area (Å²) in [7, 11) is -1.03. The zero-order valence-corrected chi connectivity index (χ0v) is 8.14. The highest BCUT2D eigenvalue weighted by Crippen LogP contribution is 1.91. The molecule has 56 valence electrons. The Morgan fingerprint density at radius 3 is 1.56 bits per heavy atom. The third kappa shape index (κ3) is 2.98. The van der Waals surface area contributed by atoms with E-state index in [0.717, 1.165) is 0 Å². The summed E-state index contributed by atoms with van der Waals surface area (Å²) in [5, 5.41) is 11.2. The Labute approximate surface area is 59.1 Å². The Morgan fingerprint density at radius 2 is 1.56 bits per heavy atom. The maximum absolute atomic E-state index is 11.2. The van der Waals surface area contributed by atoms with Crippen LogP contribution in [0.4, 0.5) is 0 Å². The Morgan fingerprint density at radius 1 is 1.22 bits per heavy atom. The fourth-order valence-electron chi connectivity index (χ4n) is 0.866. The summed E-state index contributed by atoms with van der Waals surface area (Å²) in [4.78, 5) is 0. The molecule has 0 bridgehead atoms. The van der Waals surface area contributed by atoms with Gasteiger partial charge in [0.1, 0.15) is 0 Å². The molecule has 0 heterocycles. The van der Waals surface area contributed by atoms with Crippen LogP contribution in [-0.4, -0.2) is 14.5 Å². The van der Waals surface area contributed by atoms with Crippen LogP contribution in [0, 0.1) is 5.21 Å². The van der Waals surface area contributed by atoms with E-state index in [2.05, 4.69) is 13.1 Å². The van der Waals surface area contributed by atoms with Crippen molar-refractivity contribution in [2.24, 2.45) is 0 Å². The highest BCUT2D eigenvalue weighted by molar-refractivity contribution is 6.46. The third-order valence-corrected chi connectivity index (χ3v) is 3.18. The first-order chi connectivity index (χ1) is 3.85. The van der Waals surface area contributed by atoms with E-state index < -0.39 is 8.96 Å². The normalized spacial score (nSPS) is 16.3. The zero-order valence-electron chi connectivity index (χ0n) is 6.99. The van der Waals surface area contributed by atoms with Crippen molar-refractivity contribution >= 4 is 8.96 Å². The molecule has 1 atom stereocenters. The summed E-state index contributed by atoms with van der Waals surface area (Å²) in [5.74, 6) is 0. The Hall–Kier alpha value is 0.137. The van der Waals surface area contributed by atoms with Crippen LogP contribution in [0.5, 0.6) is 0 Å². The zero-order chi connectivity index (χ0) is 7.65. The molecule has 0 spiro atoms. The van der Waals surface area contributed by atoms with Crippen molar-refractivity contribution in [3.8, 4) is 0 Å². The van der Waals surface area contributed by atoms with Crippen LogP contribution in [0.2, 0.25) is 13.1 Å². The Bertz CT molecular complexity index is 87.5. The Balaban J connectivity index is 3.88. The van der Waals surface area contributed by atoms with Gasteiger partial charge in [-0.15, -0.1) is 0 Å². The molecule has 3 heteroatoms. The molecule has 0 aromatic heterocycles. The highest BCUT2D eigenvalue weighted by atomic mass is 28.3. The van der Waals surface area contributed by atoms with E-state index in [0.29, 0.717) is 4.73 Å². The number of rotatable bonds is 1. The summed E-state index contributed by atoms with van der Waals surface area (Å²) in [6.07, 6.45) is 0. The molecule has 1 N–H and O–H groups in total. The maximum Gasteiger partial charge on any atom is 0.263 e. The van der Waals surface area contributed by atoms with Gasteiger partial charge in [-0.25, -0.2) is 0 Å². The third-order valence-electron chi connectivity index (χ3n) is 1.26. The number of nitrogens with one attached hydrogen (secondary N) is 1. The quantitative estimate of drug-likeness (QED) is 0.415. The van der Waals surface area contributed by atoms with Crippen LogP contribution in [0.15, 0.2) is 0 Å². The molecule has 0 fully saturated rings. The van der Waals surface area contributed by atoms with Gasteiger partial charge in [-0.1, -0.05) is 0 Å². The van der Waals surface area contributed by atoms with E-state index in [9.17, 15) is 5.21 Å². The molecule has 0 rings (SSSR count). The number of hydrogen-bond donors (Lipinski definition) is 1. The van der Waals surface area contributed by atoms with Gasteiger partial charge in [-0.2, -0.15) is 0 Å². The molecule has 0 aliphatic heterocycles. The topological polar surface area (TPSA) is 27.5 Å². The molecule has 1 unspecified atom stereocenters.